The van der Waals surface area contributed by atoms with Gasteiger partial charge in [-0.3, -0.25) is 0 Å². The molecule has 0 radical (unpaired) electrons. The highest BCUT2D eigenvalue weighted by molar-refractivity contribution is 5.34. The zero-order valence-electron chi connectivity index (χ0n) is 7.12. The highest BCUT2D eigenvalue weighted by atomic mass is 16.3. The van der Waals surface area contributed by atoms with E-state index in [4.69, 9.17) is 5.11 Å². The lowest BCUT2D eigenvalue weighted by Crippen LogP contribution is -1.98. The molecule has 1 heteroatoms. The van der Waals surface area contributed by atoms with Crippen molar-refractivity contribution in [3.05, 3.63) is 35.9 Å². The second kappa shape index (κ2) is 4.58. The molecule has 0 bridgehead atoms. The van der Waals surface area contributed by atoms with Gasteiger partial charge in [0.15, 0.2) is 0 Å². The summed E-state index contributed by atoms with van der Waals surface area (Å²) in [7, 11) is 0. The van der Waals surface area contributed by atoms with E-state index in [0.717, 1.165) is 5.56 Å². The molecule has 0 spiro atoms. The summed E-state index contributed by atoms with van der Waals surface area (Å²) in [6.07, 6.45) is 0.185. The number of aliphatic hydroxyl groups is 1. The van der Waals surface area contributed by atoms with Crippen LogP contribution in [0.2, 0.25) is 0 Å². The van der Waals surface area contributed by atoms with Crippen LogP contribution in [0.5, 0.6) is 0 Å². The van der Waals surface area contributed by atoms with Crippen molar-refractivity contribution >= 4 is 0 Å². The molecule has 1 aromatic rings. The van der Waals surface area contributed by atoms with Gasteiger partial charge in [-0.05, 0) is 18.6 Å². The topological polar surface area (TPSA) is 20.2 Å². The fourth-order valence-corrected chi connectivity index (χ4v) is 0.790. The maximum absolute atomic E-state index is 9.15. The Balaban J connectivity index is 2.67. The van der Waals surface area contributed by atoms with Crippen LogP contribution >= 0.6 is 0 Å². The van der Waals surface area contributed by atoms with E-state index in [0.29, 0.717) is 6.42 Å². The van der Waals surface area contributed by atoms with E-state index in [1.54, 1.807) is 0 Å². The van der Waals surface area contributed by atoms with Crippen LogP contribution in [0.3, 0.4) is 0 Å². The Bertz CT molecular complexity index is 279. The van der Waals surface area contributed by atoms with E-state index < -0.39 is 6.10 Å². The van der Waals surface area contributed by atoms with Gasteiger partial charge in [-0.25, -0.2) is 0 Å². The van der Waals surface area contributed by atoms with Gasteiger partial charge < -0.3 is 5.11 Å². The minimum Gasteiger partial charge on any atom is -0.380 e. The zero-order valence-corrected chi connectivity index (χ0v) is 7.12. The van der Waals surface area contributed by atoms with Crippen molar-refractivity contribution in [3.8, 4) is 11.8 Å². The molecular weight excluding hydrogens is 148 g/mol. The summed E-state index contributed by atoms with van der Waals surface area (Å²) in [6.45, 7) is 1.91. The van der Waals surface area contributed by atoms with Crippen LogP contribution < -0.4 is 0 Å². The lowest BCUT2D eigenvalue weighted by atomic mass is 10.2. The minimum absolute atomic E-state index is 0.495. The summed E-state index contributed by atoms with van der Waals surface area (Å²) in [5.74, 6) is 5.65. The molecule has 12 heavy (non-hydrogen) atoms. The lowest BCUT2D eigenvalue weighted by molar-refractivity contribution is 0.228. The first-order chi connectivity index (χ1) is 5.83. The largest absolute Gasteiger partial charge is 0.380 e. The summed E-state index contributed by atoms with van der Waals surface area (Å²) >= 11 is 0. The SMILES string of the molecule is CC[C@H](O)C#Cc1ccccc1. The lowest BCUT2D eigenvalue weighted by Gasteiger charge is -1.93. The van der Waals surface area contributed by atoms with Crippen molar-refractivity contribution in [3.63, 3.8) is 0 Å². The molecule has 0 aliphatic rings. The van der Waals surface area contributed by atoms with Crippen molar-refractivity contribution in [2.75, 3.05) is 0 Å². The molecule has 0 unspecified atom stereocenters. The molecule has 0 aliphatic heterocycles. The molecule has 0 amide bonds. The standard InChI is InChI=1S/C11H12O/c1-2-11(12)9-8-10-6-4-3-5-7-10/h3-7,11-12H,2H2,1H3/t11-/m0/s1. The van der Waals surface area contributed by atoms with Gasteiger partial charge in [0.1, 0.15) is 6.10 Å². The Morgan fingerprint density at radius 1 is 1.33 bits per heavy atom. The van der Waals surface area contributed by atoms with Crippen LogP contribution in [0.4, 0.5) is 0 Å². The summed E-state index contributed by atoms with van der Waals surface area (Å²) in [6, 6.07) is 9.66. The maximum atomic E-state index is 9.15. The summed E-state index contributed by atoms with van der Waals surface area (Å²) in [5.41, 5.74) is 0.949. The first-order valence-electron chi connectivity index (χ1n) is 4.07. The quantitative estimate of drug-likeness (QED) is 0.621. The van der Waals surface area contributed by atoms with Gasteiger partial charge in [-0.15, -0.1) is 0 Å². The normalized spacial score (nSPS) is 11.5. The van der Waals surface area contributed by atoms with E-state index in [1.807, 2.05) is 37.3 Å². The van der Waals surface area contributed by atoms with Gasteiger partial charge in [0.2, 0.25) is 0 Å². The van der Waals surface area contributed by atoms with Gasteiger partial charge >= 0.3 is 0 Å². The molecule has 1 atom stereocenters. The van der Waals surface area contributed by atoms with E-state index in [1.165, 1.54) is 0 Å². The van der Waals surface area contributed by atoms with Gasteiger partial charge in [0.05, 0.1) is 0 Å². The second-order valence-corrected chi connectivity index (χ2v) is 2.56. The van der Waals surface area contributed by atoms with E-state index >= 15 is 0 Å². The first-order valence-corrected chi connectivity index (χ1v) is 4.07. The second-order valence-electron chi connectivity index (χ2n) is 2.56. The predicted molar refractivity (Wildman–Crippen MR) is 49.6 cm³/mol. The third-order valence-corrected chi connectivity index (χ3v) is 1.54. The molecule has 0 aliphatic carbocycles. The van der Waals surface area contributed by atoms with Crippen molar-refractivity contribution in [2.45, 2.75) is 19.4 Å². The fraction of sp³-hybridized carbons (Fsp3) is 0.273. The molecule has 0 aromatic heterocycles. The molecule has 0 saturated heterocycles. The highest BCUT2D eigenvalue weighted by Gasteiger charge is 1.90. The number of hydrogen-bond donors (Lipinski definition) is 1. The third-order valence-electron chi connectivity index (χ3n) is 1.54. The Morgan fingerprint density at radius 3 is 2.58 bits per heavy atom. The molecule has 0 heterocycles. The van der Waals surface area contributed by atoms with Crippen molar-refractivity contribution in [2.24, 2.45) is 0 Å². The molecular formula is C11H12O. The number of benzene rings is 1. The fourth-order valence-electron chi connectivity index (χ4n) is 0.790. The van der Waals surface area contributed by atoms with Gasteiger partial charge in [0, 0.05) is 5.56 Å². The molecule has 1 aromatic carbocycles. The van der Waals surface area contributed by atoms with E-state index in [-0.39, 0.29) is 0 Å². The van der Waals surface area contributed by atoms with E-state index in [9.17, 15) is 0 Å². The average Bonchev–Trinajstić information content (AvgIpc) is 2.16. The van der Waals surface area contributed by atoms with E-state index in [2.05, 4.69) is 11.8 Å². The van der Waals surface area contributed by atoms with Crippen LogP contribution in [0.1, 0.15) is 18.9 Å². The Kier molecular flexibility index (Phi) is 3.37. The zero-order chi connectivity index (χ0) is 8.81. The summed E-state index contributed by atoms with van der Waals surface area (Å²) in [5, 5.41) is 9.15. The predicted octanol–water partition coefficient (Wildman–Crippen LogP) is 1.81. The van der Waals surface area contributed by atoms with Crippen LogP contribution in [-0.4, -0.2) is 11.2 Å². The Hall–Kier alpha value is -1.26. The van der Waals surface area contributed by atoms with Gasteiger partial charge in [-0.2, -0.15) is 0 Å². The third kappa shape index (κ3) is 2.77. The van der Waals surface area contributed by atoms with Crippen molar-refractivity contribution in [1.82, 2.24) is 0 Å². The number of hydrogen-bond acceptors (Lipinski definition) is 1. The summed E-state index contributed by atoms with van der Waals surface area (Å²) in [4.78, 5) is 0. The highest BCUT2D eigenvalue weighted by Crippen LogP contribution is 1.95. The van der Waals surface area contributed by atoms with Crippen LogP contribution in [0.15, 0.2) is 30.3 Å². The van der Waals surface area contributed by atoms with Crippen LogP contribution in [0.25, 0.3) is 0 Å². The van der Waals surface area contributed by atoms with Gasteiger partial charge in [0.25, 0.3) is 0 Å². The van der Waals surface area contributed by atoms with Crippen LogP contribution in [0, 0.1) is 11.8 Å². The van der Waals surface area contributed by atoms with Crippen molar-refractivity contribution < 1.29 is 5.11 Å². The molecule has 0 saturated carbocycles. The maximum Gasteiger partial charge on any atom is 0.114 e. The monoisotopic (exact) mass is 160 g/mol. The molecule has 0 fully saturated rings. The molecule has 1 N–H and O–H groups in total. The molecule has 1 nitrogen and oxygen atoms in total. The van der Waals surface area contributed by atoms with Crippen LogP contribution in [-0.2, 0) is 0 Å². The molecule has 1 rings (SSSR count). The average molecular weight is 160 g/mol. The van der Waals surface area contributed by atoms with Gasteiger partial charge in [-0.1, -0.05) is 37.0 Å². The van der Waals surface area contributed by atoms with Crippen molar-refractivity contribution in [1.29, 1.82) is 0 Å². The Labute approximate surface area is 73.0 Å². The first kappa shape index (κ1) is 8.83. The summed E-state index contributed by atoms with van der Waals surface area (Å²) < 4.78 is 0. The minimum atomic E-state index is -0.495. The smallest absolute Gasteiger partial charge is 0.114 e. The number of aliphatic hydroxyl groups excluding tert-OH is 1. The number of rotatable bonds is 1. The molecule has 62 valence electrons. The Morgan fingerprint density at radius 2 is 2.00 bits per heavy atom.